The minimum absolute atomic E-state index is 0.0189. The molecule has 0 saturated heterocycles. The van der Waals surface area contributed by atoms with Crippen molar-refractivity contribution in [1.82, 2.24) is 25.6 Å². The first-order valence-electron chi connectivity index (χ1n) is 12.1. The largest absolute Gasteiger partial charge is 0.368 e. The van der Waals surface area contributed by atoms with E-state index < -0.39 is 35.8 Å². The number of amides is 3. The first-order chi connectivity index (χ1) is 17.3. The predicted octanol–water partition coefficient (Wildman–Crippen LogP) is 1.65. The molecule has 194 valence electrons. The van der Waals surface area contributed by atoms with Gasteiger partial charge in [0.1, 0.15) is 18.1 Å². The van der Waals surface area contributed by atoms with Crippen molar-refractivity contribution in [2.75, 3.05) is 17.2 Å². The van der Waals surface area contributed by atoms with Gasteiger partial charge in [-0.2, -0.15) is 15.0 Å². The van der Waals surface area contributed by atoms with Gasteiger partial charge in [0.05, 0.1) is 0 Å². The Balaban J connectivity index is 1.95. The van der Waals surface area contributed by atoms with Crippen molar-refractivity contribution in [2.45, 2.75) is 64.1 Å². The molecule has 0 aliphatic carbocycles. The van der Waals surface area contributed by atoms with E-state index >= 15 is 0 Å². The lowest BCUT2D eigenvalue weighted by Crippen LogP contribution is -2.56. The maximum absolute atomic E-state index is 13.5. The van der Waals surface area contributed by atoms with Crippen molar-refractivity contribution < 1.29 is 14.4 Å². The summed E-state index contributed by atoms with van der Waals surface area (Å²) in [6, 6.07) is 6.78. The molecule has 12 heteroatoms. The van der Waals surface area contributed by atoms with Gasteiger partial charge in [-0.1, -0.05) is 50.6 Å². The van der Waals surface area contributed by atoms with Crippen LogP contribution in [0, 0.1) is 5.92 Å². The number of carbonyl (C=O) groups excluding carboxylic acids is 3. The molecular weight excluding hydrogens is 484 g/mol. The van der Waals surface area contributed by atoms with Crippen LogP contribution in [0.1, 0.15) is 45.1 Å². The Labute approximate surface area is 215 Å². The Morgan fingerprint density at radius 3 is 2.47 bits per heavy atom. The molecule has 1 aromatic carbocycles. The number of anilines is 2. The van der Waals surface area contributed by atoms with Gasteiger partial charge in [0, 0.05) is 13.0 Å². The molecule has 0 radical (unpaired) electrons. The number of hydrogen-bond acceptors (Lipinski definition) is 8. The van der Waals surface area contributed by atoms with Crippen molar-refractivity contribution in [3.8, 4) is 0 Å². The Hall–Kier alpha value is -3.47. The highest BCUT2D eigenvalue weighted by Gasteiger charge is 2.31. The molecule has 2 aromatic rings. The molecule has 0 unspecified atom stereocenters. The van der Waals surface area contributed by atoms with Crippen LogP contribution in [-0.4, -0.2) is 57.3 Å². The number of fused-ring (bicyclic) bond motifs is 2. The van der Waals surface area contributed by atoms with E-state index in [2.05, 4.69) is 36.2 Å². The molecule has 0 saturated carbocycles. The van der Waals surface area contributed by atoms with Crippen LogP contribution in [0.25, 0.3) is 0 Å². The minimum Gasteiger partial charge on any atom is -0.368 e. The van der Waals surface area contributed by atoms with Gasteiger partial charge in [-0.05, 0) is 42.3 Å². The standard InChI is InChI=1S/C24H33ClN8O3/c1-3-14(2)18-21(36)29-17(13-15-9-5-4-6-10-15)20(35)28-16(19(26)34)11-7-8-12-27-23-31-22(25)32-24(30-18)33-23/h4-6,9-10,14,16-18H,3,7-8,11-13H2,1-2H3,(H2,26,34)(H,28,35)(H,29,36)(H2,27,30,31,32,33)/t14-,16+,17-,18-/m0/s1. The summed E-state index contributed by atoms with van der Waals surface area (Å²) in [7, 11) is 0. The highest BCUT2D eigenvalue weighted by atomic mass is 35.5. The summed E-state index contributed by atoms with van der Waals surface area (Å²) >= 11 is 6.10. The number of rotatable bonds is 5. The average molecular weight is 517 g/mol. The zero-order valence-electron chi connectivity index (χ0n) is 20.5. The van der Waals surface area contributed by atoms with Crippen molar-refractivity contribution >= 4 is 41.2 Å². The Morgan fingerprint density at radius 2 is 1.78 bits per heavy atom. The Bertz CT molecular complexity index is 1050. The molecule has 11 nitrogen and oxygen atoms in total. The van der Waals surface area contributed by atoms with Gasteiger partial charge in [-0.15, -0.1) is 0 Å². The van der Waals surface area contributed by atoms with Crippen LogP contribution in [-0.2, 0) is 20.8 Å². The van der Waals surface area contributed by atoms with E-state index in [0.29, 0.717) is 32.2 Å². The highest BCUT2D eigenvalue weighted by Crippen LogP contribution is 2.17. The van der Waals surface area contributed by atoms with Crippen LogP contribution in [0.4, 0.5) is 11.9 Å². The van der Waals surface area contributed by atoms with E-state index in [4.69, 9.17) is 17.3 Å². The second kappa shape index (κ2) is 13.0. The smallest absolute Gasteiger partial charge is 0.243 e. The Morgan fingerprint density at radius 1 is 1.06 bits per heavy atom. The molecule has 3 rings (SSSR count). The van der Waals surface area contributed by atoms with Gasteiger partial charge in [0.25, 0.3) is 0 Å². The number of benzene rings is 1. The van der Waals surface area contributed by atoms with Gasteiger partial charge in [-0.3, -0.25) is 14.4 Å². The van der Waals surface area contributed by atoms with Gasteiger partial charge < -0.3 is 27.0 Å². The van der Waals surface area contributed by atoms with Crippen LogP contribution in [0.5, 0.6) is 0 Å². The van der Waals surface area contributed by atoms with Gasteiger partial charge in [0.2, 0.25) is 34.9 Å². The zero-order valence-corrected chi connectivity index (χ0v) is 21.2. The van der Waals surface area contributed by atoms with Crippen LogP contribution in [0.15, 0.2) is 30.3 Å². The summed E-state index contributed by atoms with van der Waals surface area (Å²) in [6.45, 7) is 4.37. The van der Waals surface area contributed by atoms with E-state index in [1.165, 1.54) is 0 Å². The van der Waals surface area contributed by atoms with Crippen LogP contribution < -0.4 is 27.0 Å². The highest BCUT2D eigenvalue weighted by molar-refractivity contribution is 6.28. The first kappa shape index (κ1) is 27.1. The van der Waals surface area contributed by atoms with Crippen molar-refractivity contribution in [2.24, 2.45) is 11.7 Å². The summed E-state index contributed by atoms with van der Waals surface area (Å²) in [5, 5.41) is 11.7. The molecule has 1 aliphatic heterocycles. The fraction of sp³-hybridized carbons (Fsp3) is 0.500. The number of nitrogens with one attached hydrogen (secondary N) is 4. The molecule has 2 heterocycles. The van der Waals surface area contributed by atoms with Gasteiger partial charge >= 0.3 is 0 Å². The Kier molecular flexibility index (Phi) is 9.80. The van der Waals surface area contributed by atoms with Gasteiger partial charge in [-0.25, -0.2) is 0 Å². The molecular formula is C24H33ClN8O3. The molecule has 3 amide bonds. The SMILES string of the molecule is CC[C@H](C)[C@@H]1Nc2nc(Cl)nc(n2)NCCCC[C@H](C(N)=O)NC(=O)[C@H](Cc2ccccc2)NC1=O. The zero-order chi connectivity index (χ0) is 26.1. The van der Waals surface area contributed by atoms with E-state index in [9.17, 15) is 14.4 Å². The number of primary amides is 1. The number of carbonyl (C=O) groups is 3. The summed E-state index contributed by atoms with van der Waals surface area (Å²) in [5.74, 6) is -1.22. The van der Waals surface area contributed by atoms with Crippen LogP contribution in [0.3, 0.4) is 0 Å². The number of nitrogens with zero attached hydrogens (tertiary/aromatic N) is 3. The quantitative estimate of drug-likeness (QED) is 0.400. The van der Waals surface area contributed by atoms with Crippen molar-refractivity contribution in [3.05, 3.63) is 41.2 Å². The lowest BCUT2D eigenvalue weighted by Gasteiger charge is -2.27. The van der Waals surface area contributed by atoms with E-state index in [1.54, 1.807) is 0 Å². The average Bonchev–Trinajstić information content (AvgIpc) is 2.85. The summed E-state index contributed by atoms with van der Waals surface area (Å²) < 4.78 is 0. The topological polar surface area (TPSA) is 164 Å². The van der Waals surface area contributed by atoms with Gasteiger partial charge in [0.15, 0.2) is 0 Å². The number of hydrogen-bond donors (Lipinski definition) is 5. The lowest BCUT2D eigenvalue weighted by molar-refractivity contribution is -0.132. The number of halogens is 1. The van der Waals surface area contributed by atoms with Crippen LogP contribution >= 0.6 is 11.6 Å². The molecule has 1 aliphatic rings. The van der Waals surface area contributed by atoms with Crippen molar-refractivity contribution in [1.29, 1.82) is 0 Å². The third-order valence-electron chi connectivity index (χ3n) is 6.17. The molecule has 2 bridgehead atoms. The normalized spacial score (nSPS) is 22.4. The molecule has 4 atom stereocenters. The van der Waals surface area contributed by atoms with Crippen LogP contribution in [0.2, 0.25) is 5.28 Å². The molecule has 1 aromatic heterocycles. The van der Waals surface area contributed by atoms with Crippen molar-refractivity contribution in [3.63, 3.8) is 0 Å². The molecule has 0 fully saturated rings. The van der Waals surface area contributed by atoms with E-state index in [-0.39, 0.29) is 29.5 Å². The summed E-state index contributed by atoms with van der Waals surface area (Å²) in [4.78, 5) is 51.4. The summed E-state index contributed by atoms with van der Waals surface area (Å²) in [6.07, 6.45) is 2.55. The number of aromatic nitrogens is 3. The minimum atomic E-state index is -0.929. The first-order valence-corrected chi connectivity index (χ1v) is 12.5. The summed E-state index contributed by atoms with van der Waals surface area (Å²) in [5.41, 5.74) is 6.42. The monoisotopic (exact) mass is 516 g/mol. The second-order valence-electron chi connectivity index (χ2n) is 8.90. The molecule has 0 spiro atoms. The molecule has 6 N–H and O–H groups in total. The van der Waals surface area contributed by atoms with E-state index in [0.717, 1.165) is 5.56 Å². The fourth-order valence-electron chi connectivity index (χ4n) is 3.89. The maximum Gasteiger partial charge on any atom is 0.243 e. The maximum atomic E-state index is 13.5. The fourth-order valence-corrected chi connectivity index (χ4v) is 4.05. The second-order valence-corrected chi connectivity index (χ2v) is 9.23. The van der Waals surface area contributed by atoms with E-state index in [1.807, 2.05) is 44.2 Å². The third kappa shape index (κ3) is 7.77. The predicted molar refractivity (Wildman–Crippen MR) is 137 cm³/mol. The number of nitrogens with two attached hydrogens (primary N) is 1. The lowest BCUT2D eigenvalue weighted by atomic mass is 9.97. The molecule has 36 heavy (non-hydrogen) atoms. The third-order valence-corrected chi connectivity index (χ3v) is 6.34.